The lowest BCUT2D eigenvalue weighted by Gasteiger charge is -2.15. The number of nitrogens with zero attached hydrogens (tertiary/aromatic N) is 1. The van der Waals surface area contributed by atoms with E-state index in [4.69, 9.17) is 21.1 Å². The molecule has 0 saturated heterocycles. The van der Waals surface area contributed by atoms with Gasteiger partial charge in [-0.1, -0.05) is 0 Å². The van der Waals surface area contributed by atoms with Gasteiger partial charge in [0.1, 0.15) is 11.9 Å². The van der Waals surface area contributed by atoms with E-state index in [2.05, 4.69) is 4.98 Å². The summed E-state index contributed by atoms with van der Waals surface area (Å²) >= 11 is 5.67. The molecule has 1 unspecified atom stereocenters. The minimum absolute atomic E-state index is 0.139. The van der Waals surface area contributed by atoms with E-state index in [1.807, 2.05) is 13.8 Å². The summed E-state index contributed by atoms with van der Waals surface area (Å²) in [5.74, 6) is 0.116. The molecule has 5 heteroatoms. The Kier molecular flexibility index (Phi) is 5.49. The molecule has 0 fully saturated rings. The van der Waals surface area contributed by atoms with Crippen molar-refractivity contribution < 1.29 is 13.9 Å². The zero-order chi connectivity index (χ0) is 12.0. The highest BCUT2D eigenvalue weighted by Crippen LogP contribution is 2.19. The van der Waals surface area contributed by atoms with E-state index in [9.17, 15) is 4.39 Å². The normalized spacial score (nSPS) is 12.5. The minimum atomic E-state index is -0.416. The van der Waals surface area contributed by atoms with Crippen LogP contribution in [0, 0.1) is 5.82 Å². The third kappa shape index (κ3) is 3.94. The summed E-state index contributed by atoms with van der Waals surface area (Å²) in [4.78, 5) is 3.86. The molecular weight excluding hydrogens is 233 g/mol. The van der Waals surface area contributed by atoms with Crippen molar-refractivity contribution in [3.63, 3.8) is 0 Å². The maximum atomic E-state index is 12.9. The number of hydrogen-bond donors (Lipinski definition) is 0. The van der Waals surface area contributed by atoms with Crippen LogP contribution in [0.25, 0.3) is 0 Å². The molecule has 1 heterocycles. The van der Waals surface area contributed by atoms with E-state index in [1.54, 1.807) is 0 Å². The zero-order valence-electron chi connectivity index (χ0n) is 9.37. The van der Waals surface area contributed by atoms with E-state index in [-0.39, 0.29) is 12.0 Å². The van der Waals surface area contributed by atoms with Crippen LogP contribution >= 0.6 is 11.6 Å². The van der Waals surface area contributed by atoms with Crippen LogP contribution in [-0.4, -0.2) is 24.3 Å². The van der Waals surface area contributed by atoms with Crippen molar-refractivity contribution in [2.75, 3.05) is 13.2 Å². The van der Waals surface area contributed by atoms with Crippen LogP contribution in [-0.2, 0) is 10.6 Å². The number of hydrogen-bond acceptors (Lipinski definition) is 3. The SMILES string of the molecule is CCOCC(C)Oc1ncc(F)cc1CCl. The van der Waals surface area contributed by atoms with Crippen LogP contribution in [0.15, 0.2) is 12.3 Å². The van der Waals surface area contributed by atoms with E-state index < -0.39 is 5.82 Å². The fourth-order valence-electron chi connectivity index (χ4n) is 1.18. The molecule has 0 aliphatic carbocycles. The Labute approximate surface area is 99.5 Å². The average Bonchev–Trinajstić information content (AvgIpc) is 2.28. The molecule has 0 amide bonds. The lowest BCUT2D eigenvalue weighted by atomic mass is 10.3. The highest BCUT2D eigenvalue weighted by molar-refractivity contribution is 6.17. The zero-order valence-corrected chi connectivity index (χ0v) is 10.1. The van der Waals surface area contributed by atoms with E-state index >= 15 is 0 Å². The Morgan fingerprint density at radius 3 is 2.94 bits per heavy atom. The van der Waals surface area contributed by atoms with Crippen LogP contribution in [0.4, 0.5) is 4.39 Å². The minimum Gasteiger partial charge on any atom is -0.472 e. The summed E-state index contributed by atoms with van der Waals surface area (Å²) in [6.07, 6.45) is 0.971. The second kappa shape index (κ2) is 6.66. The lowest BCUT2D eigenvalue weighted by Crippen LogP contribution is -2.20. The van der Waals surface area contributed by atoms with Gasteiger partial charge in [0.25, 0.3) is 0 Å². The first-order chi connectivity index (χ1) is 7.67. The van der Waals surface area contributed by atoms with E-state index in [0.717, 1.165) is 6.20 Å². The summed E-state index contributed by atoms with van der Waals surface area (Å²) in [6, 6.07) is 1.32. The number of ether oxygens (including phenoxy) is 2. The Balaban J connectivity index is 2.65. The van der Waals surface area contributed by atoms with Crippen molar-refractivity contribution in [3.8, 4) is 5.88 Å². The predicted molar refractivity (Wildman–Crippen MR) is 60.3 cm³/mol. The van der Waals surface area contributed by atoms with Gasteiger partial charge < -0.3 is 9.47 Å². The molecule has 0 aliphatic heterocycles. The molecule has 1 rings (SSSR count). The fraction of sp³-hybridized carbons (Fsp3) is 0.545. The third-order valence-corrected chi connectivity index (χ3v) is 2.19. The van der Waals surface area contributed by atoms with Gasteiger partial charge in [-0.25, -0.2) is 9.37 Å². The number of halogens is 2. The molecule has 3 nitrogen and oxygen atoms in total. The maximum Gasteiger partial charge on any atom is 0.218 e. The van der Waals surface area contributed by atoms with Crippen molar-refractivity contribution in [2.45, 2.75) is 25.8 Å². The monoisotopic (exact) mass is 247 g/mol. The molecule has 0 radical (unpaired) electrons. The molecule has 0 bridgehead atoms. The molecule has 90 valence electrons. The second-order valence-electron chi connectivity index (χ2n) is 3.34. The maximum absolute atomic E-state index is 12.9. The molecule has 1 aromatic heterocycles. The van der Waals surface area contributed by atoms with Crippen molar-refractivity contribution in [2.24, 2.45) is 0 Å². The molecule has 16 heavy (non-hydrogen) atoms. The van der Waals surface area contributed by atoms with Gasteiger partial charge in [-0.05, 0) is 19.9 Å². The number of pyridine rings is 1. The summed E-state index contributed by atoms with van der Waals surface area (Å²) < 4.78 is 23.6. The molecule has 0 aromatic carbocycles. The van der Waals surface area contributed by atoms with Gasteiger partial charge in [0.2, 0.25) is 5.88 Å². The third-order valence-electron chi connectivity index (χ3n) is 1.91. The van der Waals surface area contributed by atoms with Crippen LogP contribution < -0.4 is 4.74 Å². The van der Waals surface area contributed by atoms with Gasteiger partial charge in [0.15, 0.2) is 0 Å². The van der Waals surface area contributed by atoms with Gasteiger partial charge in [0.05, 0.1) is 18.7 Å². The van der Waals surface area contributed by atoms with Crippen LogP contribution in [0.3, 0.4) is 0 Å². The largest absolute Gasteiger partial charge is 0.472 e. The lowest BCUT2D eigenvalue weighted by molar-refractivity contribution is 0.0628. The Morgan fingerprint density at radius 1 is 1.56 bits per heavy atom. The van der Waals surface area contributed by atoms with Crippen molar-refractivity contribution in [3.05, 3.63) is 23.6 Å². The van der Waals surface area contributed by atoms with Crippen LogP contribution in [0.1, 0.15) is 19.4 Å². The first-order valence-electron chi connectivity index (χ1n) is 5.12. The summed E-state index contributed by atoms with van der Waals surface area (Å²) in [5, 5.41) is 0. The molecule has 1 aromatic rings. The van der Waals surface area contributed by atoms with Crippen LogP contribution in [0.2, 0.25) is 0 Å². The summed E-state index contributed by atoms with van der Waals surface area (Å²) in [6.45, 7) is 4.87. The Morgan fingerprint density at radius 2 is 2.31 bits per heavy atom. The van der Waals surface area contributed by atoms with Crippen LogP contribution in [0.5, 0.6) is 5.88 Å². The fourth-order valence-corrected chi connectivity index (χ4v) is 1.37. The summed E-state index contributed by atoms with van der Waals surface area (Å²) in [5.41, 5.74) is 0.546. The Hall–Kier alpha value is -0.870. The highest BCUT2D eigenvalue weighted by Gasteiger charge is 2.10. The van der Waals surface area contributed by atoms with Gasteiger partial charge in [-0.3, -0.25) is 0 Å². The Bertz CT molecular complexity index is 336. The molecule has 1 atom stereocenters. The van der Waals surface area contributed by atoms with Gasteiger partial charge >= 0.3 is 0 Å². The smallest absolute Gasteiger partial charge is 0.218 e. The topological polar surface area (TPSA) is 31.4 Å². The standard InChI is InChI=1S/C11H15ClFNO2/c1-3-15-7-8(2)16-11-9(5-12)4-10(13)6-14-11/h4,6,8H,3,5,7H2,1-2H3. The quantitative estimate of drug-likeness (QED) is 0.725. The van der Waals surface area contributed by atoms with Crippen molar-refractivity contribution in [1.29, 1.82) is 0 Å². The predicted octanol–water partition coefficient (Wildman–Crippen LogP) is 2.76. The first-order valence-corrected chi connectivity index (χ1v) is 5.65. The molecule has 0 spiro atoms. The van der Waals surface area contributed by atoms with Gasteiger partial charge in [-0.2, -0.15) is 0 Å². The second-order valence-corrected chi connectivity index (χ2v) is 3.61. The molecule has 0 saturated carbocycles. The number of rotatable bonds is 6. The number of aromatic nitrogens is 1. The average molecular weight is 248 g/mol. The van der Waals surface area contributed by atoms with Gasteiger partial charge in [0, 0.05) is 12.2 Å². The highest BCUT2D eigenvalue weighted by atomic mass is 35.5. The molecular formula is C11H15ClFNO2. The van der Waals surface area contributed by atoms with Crippen molar-refractivity contribution in [1.82, 2.24) is 4.98 Å². The van der Waals surface area contributed by atoms with Gasteiger partial charge in [-0.15, -0.1) is 11.6 Å². The van der Waals surface area contributed by atoms with E-state index in [0.29, 0.717) is 24.7 Å². The van der Waals surface area contributed by atoms with E-state index in [1.165, 1.54) is 6.07 Å². The summed E-state index contributed by atoms with van der Waals surface area (Å²) in [7, 11) is 0. The molecule has 0 N–H and O–H groups in total. The number of alkyl halides is 1. The van der Waals surface area contributed by atoms with Crippen molar-refractivity contribution >= 4 is 11.6 Å². The first kappa shape index (κ1) is 13.2. The molecule has 0 aliphatic rings.